The Morgan fingerprint density at radius 3 is 2.68 bits per heavy atom. The van der Waals surface area contributed by atoms with E-state index in [-0.39, 0.29) is 23.8 Å². The van der Waals surface area contributed by atoms with Gasteiger partial charge in [0.1, 0.15) is 6.04 Å². The molecule has 0 aliphatic carbocycles. The van der Waals surface area contributed by atoms with Gasteiger partial charge in [0, 0.05) is 50.5 Å². The summed E-state index contributed by atoms with van der Waals surface area (Å²) in [5, 5.41) is 14.4. The van der Waals surface area contributed by atoms with E-state index in [0.717, 1.165) is 42.8 Å². The summed E-state index contributed by atoms with van der Waals surface area (Å²) in [5.74, 6) is 1.19. The first kappa shape index (κ1) is 24.9. The summed E-state index contributed by atoms with van der Waals surface area (Å²) in [7, 11) is 0. The van der Waals surface area contributed by atoms with Crippen LogP contribution in [0.4, 0.5) is 17.6 Å². The third kappa shape index (κ3) is 5.51. The number of rotatable bonds is 8. The number of ether oxygens (including phenoxy) is 1. The molecule has 2 fully saturated rings. The van der Waals surface area contributed by atoms with Crippen molar-refractivity contribution < 1.29 is 14.3 Å². The Kier molecular flexibility index (Phi) is 7.22. The molecule has 2 aromatic heterocycles. The van der Waals surface area contributed by atoms with Gasteiger partial charge < -0.3 is 25.6 Å². The highest BCUT2D eigenvalue weighted by atomic mass is 16.5. The SMILES string of the molecule is CC(=O)N1CCC1C(=O)Nc1cccc(CNc2nc(NC3CCOCC3)nc3c(C(C)C)cnn23)c1. The first-order valence-electron chi connectivity index (χ1n) is 12.9. The third-order valence-corrected chi connectivity index (χ3v) is 6.94. The number of nitrogens with one attached hydrogen (secondary N) is 3. The van der Waals surface area contributed by atoms with Crippen molar-refractivity contribution in [3.05, 3.63) is 41.6 Å². The molecule has 2 saturated heterocycles. The van der Waals surface area contributed by atoms with Crippen LogP contribution in [0.1, 0.15) is 57.1 Å². The van der Waals surface area contributed by atoms with Crippen molar-refractivity contribution >= 4 is 35.0 Å². The van der Waals surface area contributed by atoms with Crippen molar-refractivity contribution in [3.8, 4) is 0 Å². The first-order valence-corrected chi connectivity index (χ1v) is 12.9. The van der Waals surface area contributed by atoms with Gasteiger partial charge in [-0.2, -0.15) is 19.6 Å². The van der Waals surface area contributed by atoms with Crippen LogP contribution < -0.4 is 16.0 Å². The summed E-state index contributed by atoms with van der Waals surface area (Å²) in [6, 6.07) is 7.52. The number of amides is 2. The van der Waals surface area contributed by atoms with Crippen LogP contribution in [0.5, 0.6) is 0 Å². The van der Waals surface area contributed by atoms with E-state index in [1.165, 1.54) is 6.92 Å². The summed E-state index contributed by atoms with van der Waals surface area (Å²) in [6.07, 6.45) is 4.36. The Hall–Kier alpha value is -3.73. The fraction of sp³-hybridized carbons (Fsp3) is 0.500. The van der Waals surface area contributed by atoms with E-state index in [1.807, 2.05) is 30.5 Å². The van der Waals surface area contributed by atoms with E-state index < -0.39 is 6.04 Å². The molecule has 11 nitrogen and oxygen atoms in total. The summed E-state index contributed by atoms with van der Waals surface area (Å²) in [4.78, 5) is 35.4. The predicted octanol–water partition coefficient (Wildman–Crippen LogP) is 3.01. The van der Waals surface area contributed by atoms with E-state index in [4.69, 9.17) is 14.7 Å². The molecule has 3 N–H and O–H groups in total. The normalized spacial score (nSPS) is 18.1. The van der Waals surface area contributed by atoms with Gasteiger partial charge in [0.05, 0.1) is 6.20 Å². The number of aromatic nitrogens is 4. The molecule has 1 aromatic carbocycles. The number of anilines is 3. The lowest BCUT2D eigenvalue weighted by Crippen LogP contribution is -2.56. The molecule has 3 aromatic rings. The second-order valence-corrected chi connectivity index (χ2v) is 9.95. The zero-order valence-electron chi connectivity index (χ0n) is 21.5. The van der Waals surface area contributed by atoms with Crippen LogP contribution in [0.2, 0.25) is 0 Å². The van der Waals surface area contributed by atoms with Gasteiger partial charge in [0.25, 0.3) is 0 Å². The average Bonchev–Trinajstić information content (AvgIpc) is 3.27. The first-order chi connectivity index (χ1) is 17.9. The topological polar surface area (TPSA) is 126 Å². The van der Waals surface area contributed by atoms with E-state index in [0.29, 0.717) is 37.1 Å². The van der Waals surface area contributed by atoms with Crippen LogP contribution in [0.3, 0.4) is 0 Å². The number of carbonyl (C=O) groups is 2. The van der Waals surface area contributed by atoms with Crippen molar-refractivity contribution in [3.63, 3.8) is 0 Å². The van der Waals surface area contributed by atoms with Gasteiger partial charge in [-0.25, -0.2) is 0 Å². The minimum absolute atomic E-state index is 0.0783. The molecule has 2 amide bonds. The second-order valence-electron chi connectivity index (χ2n) is 9.95. The van der Waals surface area contributed by atoms with E-state index >= 15 is 0 Å². The maximum absolute atomic E-state index is 12.6. The van der Waals surface area contributed by atoms with Crippen LogP contribution in [-0.2, 0) is 20.9 Å². The number of carbonyl (C=O) groups excluding carboxylic acids is 2. The molecule has 0 bridgehead atoms. The molecule has 1 atom stereocenters. The highest BCUT2D eigenvalue weighted by Gasteiger charge is 2.35. The molecule has 11 heteroatoms. The summed E-state index contributed by atoms with van der Waals surface area (Å²) >= 11 is 0. The van der Waals surface area contributed by atoms with Crippen molar-refractivity contribution in [2.45, 2.75) is 64.6 Å². The van der Waals surface area contributed by atoms with Crippen LogP contribution in [0.25, 0.3) is 5.65 Å². The van der Waals surface area contributed by atoms with Crippen molar-refractivity contribution in [2.75, 3.05) is 35.7 Å². The monoisotopic (exact) mass is 506 g/mol. The fourth-order valence-corrected chi connectivity index (χ4v) is 4.71. The number of hydrogen-bond acceptors (Lipinski definition) is 8. The highest BCUT2D eigenvalue weighted by molar-refractivity contribution is 5.98. The Morgan fingerprint density at radius 1 is 1.16 bits per heavy atom. The smallest absolute Gasteiger partial charge is 0.247 e. The molecule has 0 saturated carbocycles. The van der Waals surface area contributed by atoms with Crippen LogP contribution in [-0.4, -0.2) is 68.1 Å². The van der Waals surface area contributed by atoms with Crippen molar-refractivity contribution in [2.24, 2.45) is 0 Å². The summed E-state index contributed by atoms with van der Waals surface area (Å²) in [5.41, 5.74) is 3.49. The van der Waals surface area contributed by atoms with Gasteiger partial charge in [-0.1, -0.05) is 26.0 Å². The lowest BCUT2D eigenvalue weighted by Gasteiger charge is -2.38. The molecular formula is C26H34N8O3. The number of likely N-dealkylation sites (tertiary alicyclic amines) is 1. The van der Waals surface area contributed by atoms with Gasteiger partial charge in [-0.15, -0.1) is 0 Å². The van der Waals surface area contributed by atoms with Crippen LogP contribution >= 0.6 is 0 Å². The van der Waals surface area contributed by atoms with Crippen LogP contribution in [0, 0.1) is 0 Å². The molecule has 0 spiro atoms. The second kappa shape index (κ2) is 10.7. The Balaban J connectivity index is 1.32. The quantitative estimate of drug-likeness (QED) is 0.426. The van der Waals surface area contributed by atoms with E-state index in [1.54, 1.807) is 9.42 Å². The molecule has 4 heterocycles. The van der Waals surface area contributed by atoms with Gasteiger partial charge in [-0.05, 0) is 42.9 Å². The highest BCUT2D eigenvalue weighted by Crippen LogP contribution is 2.24. The Morgan fingerprint density at radius 2 is 1.97 bits per heavy atom. The standard InChI is InChI=1S/C26H34N8O3/c1-16(2)21-15-28-34-23(21)31-25(30-19-8-11-37-12-9-19)32-26(34)27-14-18-5-4-6-20(13-18)29-24(36)22-7-10-33(22)17(3)35/h4-6,13,15-16,19,22H,7-12,14H2,1-3H3,(H,29,36)(H2,27,30,31,32). The van der Waals surface area contributed by atoms with E-state index in [2.05, 4.69) is 34.9 Å². The zero-order chi connectivity index (χ0) is 25.9. The molecule has 0 radical (unpaired) electrons. The Labute approximate surface area is 216 Å². The van der Waals surface area contributed by atoms with Gasteiger partial charge in [-0.3, -0.25) is 9.59 Å². The predicted molar refractivity (Wildman–Crippen MR) is 141 cm³/mol. The van der Waals surface area contributed by atoms with Crippen LogP contribution in [0.15, 0.2) is 30.5 Å². The zero-order valence-corrected chi connectivity index (χ0v) is 21.5. The number of fused-ring (bicyclic) bond motifs is 1. The van der Waals surface area contributed by atoms with Crippen molar-refractivity contribution in [1.29, 1.82) is 0 Å². The van der Waals surface area contributed by atoms with Gasteiger partial charge >= 0.3 is 0 Å². The summed E-state index contributed by atoms with van der Waals surface area (Å²) < 4.78 is 7.22. The maximum atomic E-state index is 12.6. The van der Waals surface area contributed by atoms with Gasteiger partial charge in [0.15, 0.2) is 5.65 Å². The Bertz CT molecular complexity index is 1280. The largest absolute Gasteiger partial charge is 0.381 e. The van der Waals surface area contributed by atoms with Gasteiger partial charge in [0.2, 0.25) is 23.7 Å². The molecule has 196 valence electrons. The molecule has 2 aliphatic rings. The summed E-state index contributed by atoms with van der Waals surface area (Å²) in [6.45, 7) is 8.30. The van der Waals surface area contributed by atoms with E-state index in [9.17, 15) is 9.59 Å². The lowest BCUT2D eigenvalue weighted by molar-refractivity contribution is -0.143. The average molecular weight is 507 g/mol. The molecule has 5 rings (SSSR count). The molecule has 2 aliphatic heterocycles. The number of benzene rings is 1. The third-order valence-electron chi connectivity index (χ3n) is 6.94. The lowest BCUT2D eigenvalue weighted by atomic mass is 10.0. The number of nitrogens with zero attached hydrogens (tertiary/aromatic N) is 5. The number of hydrogen-bond donors (Lipinski definition) is 3. The minimum Gasteiger partial charge on any atom is -0.381 e. The molecular weight excluding hydrogens is 472 g/mol. The fourth-order valence-electron chi connectivity index (χ4n) is 4.71. The van der Waals surface area contributed by atoms with Crippen molar-refractivity contribution in [1.82, 2.24) is 24.5 Å². The molecule has 1 unspecified atom stereocenters. The minimum atomic E-state index is -0.398. The maximum Gasteiger partial charge on any atom is 0.247 e. The molecule has 37 heavy (non-hydrogen) atoms.